The molecule has 0 amide bonds. The average Bonchev–Trinajstić information content (AvgIpc) is 2.14. The lowest BCUT2D eigenvalue weighted by Crippen LogP contribution is -2.30. The summed E-state index contributed by atoms with van der Waals surface area (Å²) in [6.07, 6.45) is 1.80. The van der Waals surface area contributed by atoms with Gasteiger partial charge in [0, 0.05) is 5.92 Å². The Kier molecular flexibility index (Phi) is 3.59. The third-order valence-electron chi connectivity index (χ3n) is 3.42. The van der Waals surface area contributed by atoms with E-state index in [2.05, 4.69) is 39.5 Å². The fourth-order valence-electron chi connectivity index (χ4n) is 2.44. The molecule has 0 spiro atoms. The molecule has 1 aromatic rings. The molecule has 1 N–H and O–H groups in total. The van der Waals surface area contributed by atoms with Crippen LogP contribution in [0.3, 0.4) is 0 Å². The van der Waals surface area contributed by atoms with Crippen molar-refractivity contribution in [2.75, 3.05) is 0 Å². The summed E-state index contributed by atoms with van der Waals surface area (Å²) in [5.41, 5.74) is 3.72. The van der Waals surface area contributed by atoms with E-state index in [1.807, 2.05) is 13.8 Å². The van der Waals surface area contributed by atoms with E-state index in [1.54, 1.807) is 6.08 Å². The third-order valence-corrected chi connectivity index (χ3v) is 3.42. The Hall–Kier alpha value is -1.08. The van der Waals surface area contributed by atoms with E-state index < -0.39 is 5.60 Å². The molecule has 1 aromatic carbocycles. The highest BCUT2D eigenvalue weighted by molar-refractivity contribution is 5.41. The summed E-state index contributed by atoms with van der Waals surface area (Å²) < 4.78 is 0. The molecule has 0 saturated carbocycles. The first-order valence-corrected chi connectivity index (χ1v) is 5.74. The van der Waals surface area contributed by atoms with Crippen LogP contribution in [0.25, 0.3) is 0 Å². The highest BCUT2D eigenvalue weighted by Crippen LogP contribution is 2.34. The number of hydrogen-bond donors (Lipinski definition) is 1. The predicted octanol–water partition coefficient (Wildman–Crippen LogP) is 3.64. The standard InChI is InChI=1S/C15H22O/c1-7-13(5)15(6,16)14-11(3)8-10(2)9-12(14)4/h7-9,13,16H,1H2,2-6H3/t13-,15+/m1/s1. The molecule has 0 aliphatic carbocycles. The first-order chi connectivity index (χ1) is 7.30. The SMILES string of the molecule is C=C[C@@H](C)[C@](C)(O)c1c(C)cc(C)cc1C. The summed E-state index contributed by atoms with van der Waals surface area (Å²) in [6, 6.07) is 4.24. The van der Waals surface area contributed by atoms with Crippen LogP contribution in [-0.2, 0) is 5.60 Å². The number of hydrogen-bond acceptors (Lipinski definition) is 1. The van der Waals surface area contributed by atoms with Crippen molar-refractivity contribution in [1.82, 2.24) is 0 Å². The van der Waals surface area contributed by atoms with Gasteiger partial charge in [0.25, 0.3) is 0 Å². The number of rotatable bonds is 3. The molecule has 1 rings (SSSR count). The van der Waals surface area contributed by atoms with E-state index >= 15 is 0 Å². The molecule has 1 heteroatoms. The van der Waals surface area contributed by atoms with Gasteiger partial charge in [-0.3, -0.25) is 0 Å². The molecule has 0 aliphatic rings. The van der Waals surface area contributed by atoms with Gasteiger partial charge in [-0.05, 0) is 44.4 Å². The zero-order valence-corrected chi connectivity index (χ0v) is 11.0. The average molecular weight is 218 g/mol. The van der Waals surface area contributed by atoms with Gasteiger partial charge in [0.1, 0.15) is 0 Å². The minimum atomic E-state index is -0.844. The van der Waals surface area contributed by atoms with Crippen LogP contribution in [0.15, 0.2) is 24.8 Å². The van der Waals surface area contributed by atoms with Gasteiger partial charge in [-0.25, -0.2) is 0 Å². The Labute approximate surface area is 98.8 Å². The number of benzene rings is 1. The maximum atomic E-state index is 10.6. The molecule has 0 radical (unpaired) electrons. The van der Waals surface area contributed by atoms with E-state index in [0.717, 1.165) is 16.7 Å². The summed E-state index contributed by atoms with van der Waals surface area (Å²) in [6.45, 7) is 13.8. The molecule has 0 aromatic heterocycles. The Morgan fingerprint density at radius 3 is 2.06 bits per heavy atom. The van der Waals surface area contributed by atoms with Crippen molar-refractivity contribution in [2.24, 2.45) is 5.92 Å². The van der Waals surface area contributed by atoms with Crippen LogP contribution in [0.1, 0.15) is 36.1 Å². The lowest BCUT2D eigenvalue weighted by molar-refractivity contribution is 0.0193. The van der Waals surface area contributed by atoms with Crippen molar-refractivity contribution in [3.05, 3.63) is 47.0 Å². The van der Waals surface area contributed by atoms with Crippen LogP contribution < -0.4 is 0 Å². The van der Waals surface area contributed by atoms with E-state index in [4.69, 9.17) is 0 Å². The van der Waals surface area contributed by atoms with Gasteiger partial charge in [-0.2, -0.15) is 0 Å². The van der Waals surface area contributed by atoms with E-state index in [9.17, 15) is 5.11 Å². The molecule has 88 valence electrons. The predicted molar refractivity (Wildman–Crippen MR) is 69.6 cm³/mol. The number of aryl methyl sites for hydroxylation is 3. The molecule has 0 saturated heterocycles. The van der Waals surface area contributed by atoms with Crippen LogP contribution >= 0.6 is 0 Å². The van der Waals surface area contributed by atoms with Crippen molar-refractivity contribution in [1.29, 1.82) is 0 Å². The molecule has 0 aliphatic heterocycles. The zero-order valence-electron chi connectivity index (χ0n) is 11.0. The molecular weight excluding hydrogens is 196 g/mol. The van der Waals surface area contributed by atoms with Crippen molar-refractivity contribution >= 4 is 0 Å². The third kappa shape index (κ3) is 2.19. The topological polar surface area (TPSA) is 20.2 Å². The summed E-state index contributed by atoms with van der Waals surface area (Å²) >= 11 is 0. The van der Waals surface area contributed by atoms with Crippen molar-refractivity contribution < 1.29 is 5.11 Å². The quantitative estimate of drug-likeness (QED) is 0.768. The lowest BCUT2D eigenvalue weighted by atomic mass is 9.79. The maximum Gasteiger partial charge on any atom is 0.0933 e. The Morgan fingerprint density at radius 1 is 1.25 bits per heavy atom. The number of aliphatic hydroxyl groups is 1. The Morgan fingerprint density at radius 2 is 1.69 bits per heavy atom. The first kappa shape index (κ1) is 13.0. The minimum Gasteiger partial charge on any atom is -0.385 e. The largest absolute Gasteiger partial charge is 0.385 e. The maximum absolute atomic E-state index is 10.6. The molecule has 0 heterocycles. The molecule has 0 unspecified atom stereocenters. The Balaban J connectivity index is 3.38. The molecular formula is C15H22O. The van der Waals surface area contributed by atoms with E-state index in [-0.39, 0.29) is 5.92 Å². The zero-order chi connectivity index (χ0) is 12.5. The smallest absolute Gasteiger partial charge is 0.0933 e. The van der Waals surface area contributed by atoms with Gasteiger partial charge < -0.3 is 5.11 Å². The summed E-state index contributed by atoms with van der Waals surface area (Å²) in [5.74, 6) is 0.0348. The molecule has 16 heavy (non-hydrogen) atoms. The fraction of sp³-hybridized carbons (Fsp3) is 0.467. The summed E-state index contributed by atoms with van der Waals surface area (Å²) in [7, 11) is 0. The van der Waals surface area contributed by atoms with Crippen LogP contribution in [0, 0.1) is 26.7 Å². The Bertz CT molecular complexity index is 379. The highest BCUT2D eigenvalue weighted by atomic mass is 16.3. The van der Waals surface area contributed by atoms with Crippen LogP contribution in [0.4, 0.5) is 0 Å². The minimum absolute atomic E-state index is 0.0348. The van der Waals surface area contributed by atoms with Crippen LogP contribution in [0.5, 0.6) is 0 Å². The fourth-order valence-corrected chi connectivity index (χ4v) is 2.44. The monoisotopic (exact) mass is 218 g/mol. The van der Waals surface area contributed by atoms with Crippen molar-refractivity contribution in [3.8, 4) is 0 Å². The van der Waals surface area contributed by atoms with Gasteiger partial charge in [0.15, 0.2) is 0 Å². The normalized spacial score (nSPS) is 16.6. The van der Waals surface area contributed by atoms with Gasteiger partial charge in [-0.1, -0.05) is 30.7 Å². The van der Waals surface area contributed by atoms with Crippen LogP contribution in [-0.4, -0.2) is 5.11 Å². The second-order valence-electron chi connectivity index (χ2n) is 4.95. The lowest BCUT2D eigenvalue weighted by Gasteiger charge is -2.32. The molecule has 0 fully saturated rings. The molecule has 2 atom stereocenters. The van der Waals surface area contributed by atoms with Gasteiger partial charge >= 0.3 is 0 Å². The summed E-state index contributed by atoms with van der Waals surface area (Å²) in [4.78, 5) is 0. The van der Waals surface area contributed by atoms with Crippen molar-refractivity contribution in [3.63, 3.8) is 0 Å². The second-order valence-corrected chi connectivity index (χ2v) is 4.95. The van der Waals surface area contributed by atoms with E-state index in [1.165, 1.54) is 5.56 Å². The van der Waals surface area contributed by atoms with Gasteiger partial charge in [-0.15, -0.1) is 6.58 Å². The van der Waals surface area contributed by atoms with Gasteiger partial charge in [0.2, 0.25) is 0 Å². The van der Waals surface area contributed by atoms with Gasteiger partial charge in [0.05, 0.1) is 5.60 Å². The van der Waals surface area contributed by atoms with E-state index in [0.29, 0.717) is 0 Å². The van der Waals surface area contributed by atoms with Crippen LogP contribution in [0.2, 0.25) is 0 Å². The second kappa shape index (κ2) is 4.42. The molecule has 1 nitrogen and oxygen atoms in total. The summed E-state index contributed by atoms with van der Waals surface area (Å²) in [5, 5.41) is 10.6. The highest BCUT2D eigenvalue weighted by Gasteiger charge is 2.31. The first-order valence-electron chi connectivity index (χ1n) is 5.74. The van der Waals surface area contributed by atoms with Crippen molar-refractivity contribution in [2.45, 2.75) is 40.2 Å². The molecule has 0 bridgehead atoms.